The first kappa shape index (κ1) is 28.0. The van der Waals surface area contributed by atoms with Crippen molar-refractivity contribution >= 4 is 59.1 Å². The van der Waals surface area contributed by atoms with Gasteiger partial charge in [0, 0.05) is 48.6 Å². The summed E-state index contributed by atoms with van der Waals surface area (Å²) in [6.45, 7) is 5.24. The molecule has 3 aliphatic heterocycles. The molecule has 1 atom stereocenters. The smallest absolute Gasteiger partial charge is 0.231 e. The van der Waals surface area contributed by atoms with Gasteiger partial charge in [-0.25, -0.2) is 0 Å². The third kappa shape index (κ3) is 6.47. The molecule has 0 saturated carbocycles. The van der Waals surface area contributed by atoms with E-state index in [9.17, 15) is 9.59 Å². The van der Waals surface area contributed by atoms with Crippen molar-refractivity contribution in [3.8, 4) is 0 Å². The lowest BCUT2D eigenvalue weighted by Crippen LogP contribution is -2.44. The molecule has 3 fully saturated rings. The van der Waals surface area contributed by atoms with Crippen molar-refractivity contribution in [1.29, 1.82) is 0 Å². The Bertz CT molecular complexity index is 1310. The molecule has 1 N–H and O–H groups in total. The number of nitrogens with one attached hydrogen (secondary N) is 1. The van der Waals surface area contributed by atoms with Crippen LogP contribution in [0.4, 0.5) is 10.8 Å². The van der Waals surface area contributed by atoms with Gasteiger partial charge >= 0.3 is 0 Å². The van der Waals surface area contributed by atoms with Gasteiger partial charge in [-0.2, -0.15) is 13.5 Å². The molecule has 11 heteroatoms. The predicted octanol–water partition coefficient (Wildman–Crippen LogP) is 4.30. The van der Waals surface area contributed by atoms with Crippen LogP contribution in [0.3, 0.4) is 0 Å². The van der Waals surface area contributed by atoms with Crippen LogP contribution in [-0.2, 0) is 33.7 Å². The molecule has 1 spiro atoms. The van der Waals surface area contributed by atoms with E-state index in [0.717, 1.165) is 56.4 Å². The molecular formula is C28H32ClN5O3S2. The van der Waals surface area contributed by atoms with Gasteiger partial charge in [0.15, 0.2) is 0 Å². The fraction of sp³-hybridized carbons (Fsp3) is 0.429. The molecular weight excluding hydrogens is 554 g/mol. The van der Waals surface area contributed by atoms with E-state index >= 15 is 0 Å². The quantitative estimate of drug-likeness (QED) is 0.424. The van der Waals surface area contributed by atoms with E-state index in [2.05, 4.69) is 32.5 Å². The molecule has 0 bridgehead atoms. The van der Waals surface area contributed by atoms with E-state index in [1.54, 1.807) is 4.90 Å². The Morgan fingerprint density at radius 2 is 1.82 bits per heavy atom. The van der Waals surface area contributed by atoms with Gasteiger partial charge in [0.05, 0.1) is 19.1 Å². The molecule has 8 nitrogen and oxygen atoms in total. The predicted molar refractivity (Wildman–Crippen MR) is 158 cm³/mol. The van der Waals surface area contributed by atoms with Crippen LogP contribution < -0.4 is 10.2 Å². The number of carbonyl (C=O) groups is 2. The van der Waals surface area contributed by atoms with Gasteiger partial charge < -0.3 is 15.0 Å². The van der Waals surface area contributed by atoms with Crippen LogP contribution in [0.5, 0.6) is 0 Å². The van der Waals surface area contributed by atoms with Gasteiger partial charge in [0.25, 0.3) is 0 Å². The second-order valence-corrected chi connectivity index (χ2v) is 12.1. The zero-order valence-corrected chi connectivity index (χ0v) is 24.1. The van der Waals surface area contributed by atoms with Gasteiger partial charge in [-0.1, -0.05) is 47.2 Å². The third-order valence-electron chi connectivity index (χ3n) is 7.72. The Balaban J connectivity index is 0.00000308. The molecule has 206 valence electrons. The topological polar surface area (TPSA) is 87.7 Å². The first-order valence-electron chi connectivity index (χ1n) is 13.0. The molecule has 3 aromatic rings. The number of aryl methyl sites for hydroxylation is 2. The second-order valence-electron chi connectivity index (χ2n) is 10.6. The number of hydrogen-bond donors (Lipinski definition) is 1. The Hall–Kier alpha value is -2.50. The van der Waals surface area contributed by atoms with Crippen LogP contribution in [0.15, 0.2) is 48.5 Å². The Morgan fingerprint density at radius 3 is 2.51 bits per heavy atom. The normalized spacial score (nSPS) is 20.2. The minimum atomic E-state index is -0.422. The lowest BCUT2D eigenvalue weighted by atomic mass is 9.85. The van der Waals surface area contributed by atoms with E-state index in [1.165, 1.54) is 28.9 Å². The molecule has 0 unspecified atom stereocenters. The second kappa shape index (κ2) is 11.9. The Morgan fingerprint density at radius 1 is 1.08 bits per heavy atom. The maximum atomic E-state index is 12.9. The molecule has 3 saturated heterocycles. The van der Waals surface area contributed by atoms with Gasteiger partial charge in [0.2, 0.25) is 16.9 Å². The van der Waals surface area contributed by atoms with Crippen molar-refractivity contribution in [2.24, 2.45) is 11.3 Å². The van der Waals surface area contributed by atoms with Crippen LogP contribution in [0.25, 0.3) is 0 Å². The van der Waals surface area contributed by atoms with Crippen molar-refractivity contribution in [2.75, 3.05) is 43.1 Å². The van der Waals surface area contributed by atoms with Gasteiger partial charge in [-0.15, -0.1) is 10.2 Å². The molecule has 0 radical (unpaired) electrons. The minimum absolute atomic E-state index is 0. The molecule has 6 rings (SSSR count). The van der Waals surface area contributed by atoms with Crippen molar-refractivity contribution in [2.45, 2.75) is 32.2 Å². The van der Waals surface area contributed by atoms with E-state index in [4.69, 9.17) is 16.3 Å². The summed E-state index contributed by atoms with van der Waals surface area (Å²) < 4.78 is 5.43. The summed E-state index contributed by atoms with van der Waals surface area (Å²) >= 11 is 7.32. The van der Waals surface area contributed by atoms with E-state index < -0.39 is 5.92 Å². The number of anilines is 2. The van der Waals surface area contributed by atoms with Crippen LogP contribution in [-0.4, -0.2) is 59.8 Å². The number of ether oxygens (including phenoxy) is 1. The number of nitrogens with zero attached hydrogens (tertiary/aromatic N) is 4. The fourth-order valence-corrected chi connectivity index (χ4v) is 6.34. The lowest BCUT2D eigenvalue weighted by molar-refractivity contribution is -0.122. The van der Waals surface area contributed by atoms with Gasteiger partial charge in [0.1, 0.15) is 5.01 Å². The standard InChI is InChI=1S/C28H30ClN5O3S.H2S/c29-22-6-1-19(2-7-22)5-10-24-31-32-27(38-24)30-26(36)21-13-25(35)34(15-21)23-8-3-20(4-9-23)14-33-12-11-28(16-33)17-37-18-28;/h1-4,6-9,21H,5,10-18H2,(H,30,32,36);1H2/t21-;/m0./s1. The fourth-order valence-electron chi connectivity index (χ4n) is 5.48. The van der Waals surface area contributed by atoms with E-state index in [0.29, 0.717) is 22.1 Å². The molecule has 0 aliphatic carbocycles. The average molecular weight is 586 g/mol. The summed E-state index contributed by atoms with van der Waals surface area (Å²) in [5, 5.41) is 13.2. The molecule has 3 aliphatic rings. The molecule has 2 amide bonds. The van der Waals surface area contributed by atoms with Gasteiger partial charge in [-0.3, -0.25) is 14.5 Å². The number of aromatic nitrogens is 2. The number of benzene rings is 2. The summed E-state index contributed by atoms with van der Waals surface area (Å²) in [5.74, 6) is -0.653. The molecule has 4 heterocycles. The summed E-state index contributed by atoms with van der Waals surface area (Å²) in [6.07, 6.45) is 2.94. The number of hydrogen-bond acceptors (Lipinski definition) is 7. The highest BCUT2D eigenvalue weighted by Crippen LogP contribution is 2.38. The van der Waals surface area contributed by atoms with Crippen LogP contribution >= 0.6 is 36.4 Å². The number of likely N-dealkylation sites (tertiary alicyclic amines) is 1. The van der Waals surface area contributed by atoms with Crippen molar-refractivity contribution in [3.63, 3.8) is 0 Å². The third-order valence-corrected chi connectivity index (χ3v) is 8.87. The Labute approximate surface area is 244 Å². The van der Waals surface area contributed by atoms with E-state index in [1.807, 2.05) is 36.4 Å². The van der Waals surface area contributed by atoms with Crippen molar-refractivity contribution in [3.05, 3.63) is 69.7 Å². The van der Waals surface area contributed by atoms with Crippen molar-refractivity contribution in [1.82, 2.24) is 15.1 Å². The number of amides is 2. The number of halogens is 1. The molecule has 2 aromatic carbocycles. The summed E-state index contributed by atoms with van der Waals surface area (Å²) in [6, 6.07) is 15.9. The summed E-state index contributed by atoms with van der Waals surface area (Å²) in [7, 11) is 0. The first-order valence-corrected chi connectivity index (χ1v) is 14.2. The van der Waals surface area contributed by atoms with Crippen molar-refractivity contribution < 1.29 is 14.3 Å². The molecule has 1 aromatic heterocycles. The zero-order chi connectivity index (χ0) is 26.1. The average Bonchev–Trinajstić information content (AvgIpc) is 3.63. The highest BCUT2D eigenvalue weighted by atomic mass is 35.5. The number of carbonyl (C=O) groups excluding carboxylic acids is 2. The SMILES string of the molecule is O=C(Nc1nnc(CCc2ccc(Cl)cc2)s1)[C@H]1CC(=O)N(c2ccc(CN3CCC4(COC4)C3)cc2)C1.S. The molecule has 39 heavy (non-hydrogen) atoms. The van der Waals surface area contributed by atoms with Gasteiger partial charge in [-0.05, 0) is 54.8 Å². The first-order chi connectivity index (χ1) is 18.4. The maximum absolute atomic E-state index is 12.9. The minimum Gasteiger partial charge on any atom is -0.380 e. The highest BCUT2D eigenvalue weighted by Gasteiger charge is 2.44. The van der Waals surface area contributed by atoms with Crippen LogP contribution in [0.2, 0.25) is 5.02 Å². The van der Waals surface area contributed by atoms with Crippen LogP contribution in [0.1, 0.15) is 29.0 Å². The zero-order valence-electron chi connectivity index (χ0n) is 21.6. The lowest BCUT2D eigenvalue weighted by Gasteiger charge is -2.37. The largest absolute Gasteiger partial charge is 0.380 e. The maximum Gasteiger partial charge on any atom is 0.231 e. The van der Waals surface area contributed by atoms with Crippen LogP contribution in [0, 0.1) is 11.3 Å². The number of rotatable bonds is 8. The van der Waals surface area contributed by atoms with E-state index in [-0.39, 0.29) is 31.7 Å². The Kier molecular flexibility index (Phi) is 8.58. The highest BCUT2D eigenvalue weighted by molar-refractivity contribution is 7.59. The monoisotopic (exact) mass is 585 g/mol. The summed E-state index contributed by atoms with van der Waals surface area (Å²) in [4.78, 5) is 29.9. The summed E-state index contributed by atoms with van der Waals surface area (Å²) in [5.41, 5.74) is 3.61.